The van der Waals surface area contributed by atoms with Crippen molar-refractivity contribution in [2.75, 3.05) is 33.4 Å². The van der Waals surface area contributed by atoms with Crippen LogP contribution in [0.1, 0.15) is 13.3 Å². The van der Waals surface area contributed by atoms with E-state index in [1.165, 1.54) is 0 Å². The molecule has 0 saturated heterocycles. The molecule has 1 heterocycles. The number of methoxy groups -OCH3 is 1. The first kappa shape index (κ1) is 13.0. The molecule has 0 aliphatic heterocycles. The van der Waals surface area contributed by atoms with Crippen molar-refractivity contribution in [2.45, 2.75) is 19.9 Å². The van der Waals surface area contributed by atoms with Crippen LogP contribution in [-0.2, 0) is 11.3 Å². The van der Waals surface area contributed by atoms with Crippen LogP contribution in [0.4, 0.5) is 0 Å². The second-order valence-electron chi connectivity index (χ2n) is 3.53. The normalized spacial score (nSPS) is 10.6. The van der Waals surface area contributed by atoms with Crippen molar-refractivity contribution in [3.05, 3.63) is 12.4 Å². The smallest absolute Gasteiger partial charge is 0.157 e. The van der Waals surface area contributed by atoms with E-state index in [2.05, 4.69) is 17.3 Å². The minimum atomic E-state index is 0.654. The second-order valence-corrected chi connectivity index (χ2v) is 3.53. The number of aromatic nitrogens is 2. The maximum Gasteiger partial charge on any atom is 0.157 e. The van der Waals surface area contributed by atoms with Crippen molar-refractivity contribution in [1.82, 2.24) is 15.1 Å². The maximum atomic E-state index is 5.53. The van der Waals surface area contributed by atoms with Gasteiger partial charge in [-0.15, -0.1) is 0 Å². The zero-order chi connectivity index (χ0) is 11.6. The highest BCUT2D eigenvalue weighted by atomic mass is 16.5. The fourth-order valence-electron chi connectivity index (χ4n) is 1.31. The molecule has 0 spiro atoms. The van der Waals surface area contributed by atoms with E-state index in [0.717, 1.165) is 38.4 Å². The van der Waals surface area contributed by atoms with Gasteiger partial charge in [-0.3, -0.25) is 4.68 Å². The quantitative estimate of drug-likeness (QED) is 0.637. The van der Waals surface area contributed by atoms with Crippen LogP contribution >= 0.6 is 0 Å². The standard InChI is InChI=1S/C11H21N3O2/c1-3-6-14-10-11(9-13-14)16-8-5-12-4-7-15-2/h9-10,12H,3-8H2,1-2H3. The van der Waals surface area contributed by atoms with Crippen molar-refractivity contribution in [2.24, 2.45) is 0 Å². The number of nitrogens with zero attached hydrogens (tertiary/aromatic N) is 2. The van der Waals surface area contributed by atoms with Gasteiger partial charge in [-0.25, -0.2) is 0 Å². The molecule has 92 valence electrons. The van der Waals surface area contributed by atoms with E-state index >= 15 is 0 Å². The van der Waals surface area contributed by atoms with Gasteiger partial charge in [0, 0.05) is 26.7 Å². The Morgan fingerprint density at radius 1 is 1.38 bits per heavy atom. The maximum absolute atomic E-state index is 5.53. The van der Waals surface area contributed by atoms with Gasteiger partial charge in [-0.05, 0) is 6.42 Å². The molecule has 1 aromatic rings. The van der Waals surface area contributed by atoms with Gasteiger partial charge in [-0.2, -0.15) is 5.10 Å². The molecule has 0 amide bonds. The summed E-state index contributed by atoms with van der Waals surface area (Å²) in [6, 6.07) is 0. The zero-order valence-electron chi connectivity index (χ0n) is 10.1. The first-order valence-corrected chi connectivity index (χ1v) is 5.71. The number of hydrogen-bond donors (Lipinski definition) is 1. The number of aryl methyl sites for hydroxylation is 1. The summed E-state index contributed by atoms with van der Waals surface area (Å²) in [6.45, 7) is 6.13. The van der Waals surface area contributed by atoms with E-state index < -0.39 is 0 Å². The molecule has 16 heavy (non-hydrogen) atoms. The summed E-state index contributed by atoms with van der Waals surface area (Å²) in [5.41, 5.74) is 0. The molecule has 1 rings (SSSR count). The predicted octanol–water partition coefficient (Wildman–Crippen LogP) is 0.908. The summed E-state index contributed by atoms with van der Waals surface area (Å²) in [6.07, 6.45) is 4.77. The Kier molecular flexibility index (Phi) is 6.60. The van der Waals surface area contributed by atoms with E-state index in [-0.39, 0.29) is 0 Å². The lowest BCUT2D eigenvalue weighted by molar-refractivity contribution is 0.197. The molecule has 0 saturated carbocycles. The number of rotatable bonds is 9. The third-order valence-corrected chi connectivity index (χ3v) is 2.09. The third kappa shape index (κ3) is 5.14. The van der Waals surface area contributed by atoms with Gasteiger partial charge in [0.25, 0.3) is 0 Å². The predicted molar refractivity (Wildman–Crippen MR) is 62.8 cm³/mol. The largest absolute Gasteiger partial charge is 0.489 e. The van der Waals surface area contributed by atoms with Gasteiger partial charge >= 0.3 is 0 Å². The summed E-state index contributed by atoms with van der Waals surface area (Å²) in [4.78, 5) is 0. The van der Waals surface area contributed by atoms with E-state index in [4.69, 9.17) is 9.47 Å². The van der Waals surface area contributed by atoms with Gasteiger partial charge < -0.3 is 14.8 Å². The lowest BCUT2D eigenvalue weighted by Gasteiger charge is -2.04. The lowest BCUT2D eigenvalue weighted by Crippen LogP contribution is -2.24. The minimum absolute atomic E-state index is 0.654. The molecule has 0 atom stereocenters. The van der Waals surface area contributed by atoms with Crippen LogP contribution in [0, 0.1) is 0 Å². The Labute approximate surface area is 96.7 Å². The Morgan fingerprint density at radius 2 is 2.19 bits per heavy atom. The Balaban J connectivity index is 2.07. The highest BCUT2D eigenvalue weighted by Crippen LogP contribution is 2.07. The van der Waals surface area contributed by atoms with Crippen molar-refractivity contribution in [3.8, 4) is 5.75 Å². The molecule has 5 heteroatoms. The van der Waals surface area contributed by atoms with Gasteiger partial charge in [-0.1, -0.05) is 6.92 Å². The minimum Gasteiger partial charge on any atom is -0.489 e. The number of hydrogen-bond acceptors (Lipinski definition) is 4. The van der Waals surface area contributed by atoms with Crippen LogP contribution in [0.2, 0.25) is 0 Å². The van der Waals surface area contributed by atoms with Crippen LogP contribution in [0.3, 0.4) is 0 Å². The molecule has 1 aromatic heterocycles. The zero-order valence-corrected chi connectivity index (χ0v) is 10.1. The molecular weight excluding hydrogens is 206 g/mol. The van der Waals surface area contributed by atoms with Gasteiger partial charge in [0.05, 0.1) is 19.0 Å². The van der Waals surface area contributed by atoms with Crippen LogP contribution < -0.4 is 10.1 Å². The molecule has 0 aliphatic rings. The summed E-state index contributed by atoms with van der Waals surface area (Å²) in [5.74, 6) is 0.835. The van der Waals surface area contributed by atoms with E-state index in [1.807, 2.05) is 10.9 Å². The van der Waals surface area contributed by atoms with E-state index in [9.17, 15) is 0 Å². The number of ether oxygens (including phenoxy) is 2. The molecule has 0 aromatic carbocycles. The molecule has 0 fully saturated rings. The first-order valence-electron chi connectivity index (χ1n) is 5.71. The topological polar surface area (TPSA) is 48.3 Å². The molecule has 0 aliphatic carbocycles. The van der Waals surface area contributed by atoms with Crippen LogP contribution in [0.5, 0.6) is 5.75 Å². The SMILES string of the molecule is CCCn1cc(OCCNCCOC)cn1. The number of nitrogens with one attached hydrogen (secondary N) is 1. The van der Waals surface area contributed by atoms with Gasteiger partial charge in [0.2, 0.25) is 0 Å². The van der Waals surface area contributed by atoms with Crippen molar-refractivity contribution >= 4 is 0 Å². The summed E-state index contributed by atoms with van der Waals surface area (Å²) in [7, 11) is 1.69. The monoisotopic (exact) mass is 227 g/mol. The third-order valence-electron chi connectivity index (χ3n) is 2.09. The Morgan fingerprint density at radius 3 is 2.94 bits per heavy atom. The van der Waals surface area contributed by atoms with Crippen LogP contribution in [0.25, 0.3) is 0 Å². The molecule has 5 nitrogen and oxygen atoms in total. The van der Waals surface area contributed by atoms with E-state index in [0.29, 0.717) is 6.61 Å². The molecule has 1 N–H and O–H groups in total. The Hall–Kier alpha value is -1.07. The average molecular weight is 227 g/mol. The Bertz CT molecular complexity index is 276. The average Bonchev–Trinajstić information content (AvgIpc) is 2.72. The molecule has 0 unspecified atom stereocenters. The van der Waals surface area contributed by atoms with Crippen molar-refractivity contribution in [3.63, 3.8) is 0 Å². The molecule has 0 radical (unpaired) electrons. The second kappa shape index (κ2) is 8.13. The highest BCUT2D eigenvalue weighted by Gasteiger charge is 1.97. The van der Waals surface area contributed by atoms with Crippen molar-refractivity contribution < 1.29 is 9.47 Å². The summed E-state index contributed by atoms with van der Waals surface area (Å²) < 4.78 is 12.3. The fraction of sp³-hybridized carbons (Fsp3) is 0.727. The first-order chi connectivity index (χ1) is 7.86. The molecular formula is C11H21N3O2. The summed E-state index contributed by atoms with van der Waals surface area (Å²) in [5, 5.41) is 7.40. The van der Waals surface area contributed by atoms with Crippen LogP contribution in [0.15, 0.2) is 12.4 Å². The lowest BCUT2D eigenvalue weighted by atomic mass is 10.5. The van der Waals surface area contributed by atoms with Gasteiger partial charge in [0.15, 0.2) is 5.75 Å². The molecule has 0 bridgehead atoms. The fourth-order valence-corrected chi connectivity index (χ4v) is 1.31. The van der Waals surface area contributed by atoms with Gasteiger partial charge in [0.1, 0.15) is 6.61 Å². The summed E-state index contributed by atoms with van der Waals surface area (Å²) >= 11 is 0. The highest BCUT2D eigenvalue weighted by molar-refractivity contribution is 5.11. The van der Waals surface area contributed by atoms with E-state index in [1.54, 1.807) is 13.3 Å². The van der Waals surface area contributed by atoms with Crippen LogP contribution in [-0.4, -0.2) is 43.2 Å². The van der Waals surface area contributed by atoms with Crippen molar-refractivity contribution in [1.29, 1.82) is 0 Å².